The summed E-state index contributed by atoms with van der Waals surface area (Å²) in [6.07, 6.45) is 0. The van der Waals surface area contributed by atoms with Gasteiger partial charge in [0.2, 0.25) is 6.79 Å². The second-order valence-corrected chi connectivity index (χ2v) is 9.03. The van der Waals surface area contributed by atoms with E-state index in [0.29, 0.717) is 43.2 Å². The van der Waals surface area contributed by atoms with E-state index >= 15 is 0 Å². The molecule has 0 spiro atoms. The average Bonchev–Trinajstić information content (AvgIpc) is 3.37. The van der Waals surface area contributed by atoms with Crippen LogP contribution in [0.25, 0.3) is 22.3 Å². The van der Waals surface area contributed by atoms with Crippen molar-refractivity contribution >= 4 is 22.8 Å². The average molecular weight is 467 g/mol. The first-order valence-corrected chi connectivity index (χ1v) is 11.8. The van der Waals surface area contributed by atoms with E-state index in [2.05, 4.69) is 43.0 Å². The summed E-state index contributed by atoms with van der Waals surface area (Å²) in [5.41, 5.74) is 6.71. The third-order valence-corrected chi connectivity index (χ3v) is 6.79. The van der Waals surface area contributed by atoms with Crippen molar-refractivity contribution in [2.45, 2.75) is 13.8 Å². The number of anilines is 1. The number of benzene rings is 3. The van der Waals surface area contributed by atoms with Crippen molar-refractivity contribution in [1.29, 1.82) is 0 Å². The summed E-state index contributed by atoms with van der Waals surface area (Å²) in [7, 11) is 0. The Balaban J connectivity index is 1.29. The number of aromatic nitrogens is 2. The zero-order valence-corrected chi connectivity index (χ0v) is 19.8. The molecule has 3 aromatic carbocycles. The molecule has 1 saturated heterocycles. The zero-order chi connectivity index (χ0) is 23.9. The van der Waals surface area contributed by atoms with Gasteiger partial charge in [0.1, 0.15) is 5.69 Å². The minimum Gasteiger partial charge on any atom is -0.454 e. The molecule has 7 heteroatoms. The molecule has 1 aromatic heterocycles. The van der Waals surface area contributed by atoms with Gasteiger partial charge in [-0.15, -0.1) is 0 Å². The third-order valence-electron chi connectivity index (χ3n) is 6.79. The SMILES string of the molecule is Cc1cc2nc(-c3ccccc3)c(N3CCN(C(=O)c4ccc5c(c4)OCO5)CC3)nc2cc1C. The first-order chi connectivity index (χ1) is 17.1. The summed E-state index contributed by atoms with van der Waals surface area (Å²) >= 11 is 0. The fourth-order valence-electron chi connectivity index (χ4n) is 4.65. The molecule has 1 fully saturated rings. The van der Waals surface area contributed by atoms with Gasteiger partial charge in [0.25, 0.3) is 5.91 Å². The van der Waals surface area contributed by atoms with Gasteiger partial charge in [-0.05, 0) is 55.3 Å². The number of aryl methyl sites for hydroxylation is 2. The van der Waals surface area contributed by atoms with Gasteiger partial charge < -0.3 is 19.3 Å². The molecule has 1 amide bonds. The van der Waals surface area contributed by atoms with Gasteiger partial charge in [-0.1, -0.05) is 30.3 Å². The lowest BCUT2D eigenvalue weighted by Gasteiger charge is -2.36. The molecule has 0 unspecified atom stereocenters. The lowest BCUT2D eigenvalue weighted by Crippen LogP contribution is -2.49. The summed E-state index contributed by atoms with van der Waals surface area (Å²) in [6.45, 7) is 6.97. The molecule has 3 heterocycles. The highest BCUT2D eigenvalue weighted by Gasteiger charge is 2.27. The molecular weight excluding hydrogens is 440 g/mol. The predicted molar refractivity (Wildman–Crippen MR) is 135 cm³/mol. The van der Waals surface area contributed by atoms with E-state index in [-0.39, 0.29) is 12.7 Å². The largest absolute Gasteiger partial charge is 0.454 e. The van der Waals surface area contributed by atoms with Crippen molar-refractivity contribution in [2.75, 3.05) is 37.9 Å². The summed E-state index contributed by atoms with van der Waals surface area (Å²) in [4.78, 5) is 27.4. The van der Waals surface area contributed by atoms with E-state index in [4.69, 9.17) is 19.4 Å². The van der Waals surface area contributed by atoms with Crippen LogP contribution in [0.4, 0.5) is 5.82 Å². The van der Waals surface area contributed by atoms with Crippen LogP contribution in [0.1, 0.15) is 21.5 Å². The Bertz CT molecular complexity index is 1430. The van der Waals surface area contributed by atoms with E-state index < -0.39 is 0 Å². The second-order valence-electron chi connectivity index (χ2n) is 9.03. The topological polar surface area (TPSA) is 67.8 Å². The maximum Gasteiger partial charge on any atom is 0.254 e. The maximum atomic E-state index is 13.2. The Hall–Kier alpha value is -4.13. The van der Waals surface area contributed by atoms with Crippen LogP contribution in [0, 0.1) is 13.8 Å². The fourth-order valence-corrected chi connectivity index (χ4v) is 4.65. The molecule has 0 bridgehead atoms. The summed E-state index contributed by atoms with van der Waals surface area (Å²) in [6, 6.07) is 19.8. The Kier molecular flexibility index (Phi) is 5.25. The summed E-state index contributed by atoms with van der Waals surface area (Å²) in [5.74, 6) is 2.17. The highest BCUT2D eigenvalue weighted by molar-refractivity contribution is 5.95. The van der Waals surface area contributed by atoms with Crippen LogP contribution in [0.2, 0.25) is 0 Å². The van der Waals surface area contributed by atoms with Gasteiger partial charge in [-0.25, -0.2) is 9.97 Å². The van der Waals surface area contributed by atoms with Crippen LogP contribution in [-0.4, -0.2) is 53.7 Å². The number of nitrogens with zero attached hydrogens (tertiary/aromatic N) is 4. The van der Waals surface area contributed by atoms with Crippen LogP contribution in [-0.2, 0) is 0 Å². The molecule has 6 rings (SSSR count). The standard InChI is InChI=1S/C28H26N4O3/c1-18-14-22-23(15-19(18)2)30-27(26(29-22)20-6-4-3-5-7-20)31-10-12-32(13-11-31)28(33)21-8-9-24-25(16-21)35-17-34-24/h3-9,14-16H,10-13,17H2,1-2H3. The van der Waals surface area contributed by atoms with Gasteiger partial charge in [0.15, 0.2) is 17.3 Å². The number of ether oxygens (including phenoxy) is 2. The normalized spacial score (nSPS) is 15.0. The molecule has 2 aliphatic heterocycles. The van der Waals surface area contributed by atoms with Crippen LogP contribution in [0.15, 0.2) is 60.7 Å². The fraction of sp³-hybridized carbons (Fsp3) is 0.250. The number of carbonyl (C=O) groups is 1. The van der Waals surface area contributed by atoms with E-state index in [1.807, 2.05) is 23.1 Å². The minimum absolute atomic E-state index is 0.00179. The highest BCUT2D eigenvalue weighted by atomic mass is 16.7. The number of amides is 1. The van der Waals surface area contributed by atoms with Gasteiger partial charge in [-0.2, -0.15) is 0 Å². The van der Waals surface area contributed by atoms with Crippen LogP contribution in [0.3, 0.4) is 0 Å². The van der Waals surface area contributed by atoms with Gasteiger partial charge in [0.05, 0.1) is 11.0 Å². The number of hydrogen-bond acceptors (Lipinski definition) is 6. The Labute approximate surface area is 203 Å². The number of rotatable bonds is 3. The van der Waals surface area contributed by atoms with E-state index in [9.17, 15) is 4.79 Å². The van der Waals surface area contributed by atoms with Gasteiger partial charge in [-0.3, -0.25) is 4.79 Å². The van der Waals surface area contributed by atoms with Crippen molar-refractivity contribution < 1.29 is 14.3 Å². The number of carbonyl (C=O) groups excluding carboxylic acids is 1. The molecular formula is C28H26N4O3. The first-order valence-electron chi connectivity index (χ1n) is 11.8. The summed E-state index contributed by atoms with van der Waals surface area (Å²) in [5, 5.41) is 0. The minimum atomic E-state index is 0.00179. The highest BCUT2D eigenvalue weighted by Crippen LogP contribution is 2.34. The van der Waals surface area contributed by atoms with E-state index in [1.165, 1.54) is 11.1 Å². The Morgan fingerprint density at radius 1 is 0.800 bits per heavy atom. The van der Waals surface area contributed by atoms with Crippen LogP contribution >= 0.6 is 0 Å². The van der Waals surface area contributed by atoms with Crippen LogP contribution in [0.5, 0.6) is 11.5 Å². The van der Waals surface area contributed by atoms with Crippen molar-refractivity contribution in [3.8, 4) is 22.8 Å². The van der Waals surface area contributed by atoms with E-state index in [1.54, 1.807) is 18.2 Å². The van der Waals surface area contributed by atoms with Crippen LogP contribution < -0.4 is 14.4 Å². The van der Waals surface area contributed by atoms with Crippen molar-refractivity contribution in [1.82, 2.24) is 14.9 Å². The molecule has 0 atom stereocenters. The molecule has 4 aromatic rings. The Morgan fingerprint density at radius 2 is 1.49 bits per heavy atom. The zero-order valence-electron chi connectivity index (χ0n) is 19.8. The Morgan fingerprint density at radius 3 is 2.23 bits per heavy atom. The molecule has 2 aliphatic rings. The third kappa shape index (κ3) is 3.93. The predicted octanol–water partition coefficient (Wildman–Crippen LogP) is 4.60. The molecule has 0 saturated carbocycles. The number of piperazine rings is 1. The van der Waals surface area contributed by atoms with Crippen molar-refractivity contribution in [3.63, 3.8) is 0 Å². The number of fused-ring (bicyclic) bond motifs is 2. The molecule has 0 aliphatic carbocycles. The monoisotopic (exact) mass is 466 g/mol. The smallest absolute Gasteiger partial charge is 0.254 e. The van der Waals surface area contributed by atoms with Gasteiger partial charge >= 0.3 is 0 Å². The quantitative estimate of drug-likeness (QED) is 0.440. The lowest BCUT2D eigenvalue weighted by atomic mass is 10.1. The molecule has 7 nitrogen and oxygen atoms in total. The van der Waals surface area contributed by atoms with Crippen molar-refractivity contribution in [3.05, 3.63) is 77.4 Å². The first kappa shape index (κ1) is 21.4. The lowest BCUT2D eigenvalue weighted by molar-refractivity contribution is 0.0746. The molecule has 0 N–H and O–H groups in total. The summed E-state index contributed by atoms with van der Waals surface area (Å²) < 4.78 is 10.8. The van der Waals surface area contributed by atoms with Gasteiger partial charge in [0, 0.05) is 37.3 Å². The second kappa shape index (κ2) is 8.58. The van der Waals surface area contributed by atoms with E-state index in [0.717, 1.165) is 28.1 Å². The molecule has 176 valence electrons. The maximum absolute atomic E-state index is 13.2. The van der Waals surface area contributed by atoms with Crippen molar-refractivity contribution in [2.24, 2.45) is 0 Å². The molecule has 0 radical (unpaired) electrons. The number of hydrogen-bond donors (Lipinski definition) is 0. The molecule has 35 heavy (non-hydrogen) atoms.